The molecule has 0 amide bonds. The van der Waals surface area contributed by atoms with Crippen molar-refractivity contribution < 1.29 is 13.2 Å². The number of aryl methyl sites for hydroxylation is 1. The van der Waals surface area contributed by atoms with E-state index in [-0.39, 0.29) is 9.92 Å². The number of rotatable bonds is 6. The highest BCUT2D eigenvalue weighted by Gasteiger charge is 2.18. The molecule has 102 valence electrons. The Morgan fingerprint density at radius 1 is 1.28 bits per heavy atom. The van der Waals surface area contributed by atoms with Crippen molar-refractivity contribution in [1.82, 2.24) is 4.72 Å². The van der Waals surface area contributed by atoms with Crippen LogP contribution in [0.1, 0.15) is 12.0 Å². The van der Waals surface area contributed by atoms with Gasteiger partial charge in [-0.1, -0.05) is 23.2 Å². The van der Waals surface area contributed by atoms with E-state index in [1.54, 1.807) is 14.0 Å². The summed E-state index contributed by atoms with van der Waals surface area (Å²) in [7, 11) is -2.04. The van der Waals surface area contributed by atoms with E-state index >= 15 is 0 Å². The third-order valence-electron chi connectivity index (χ3n) is 2.32. The van der Waals surface area contributed by atoms with Gasteiger partial charge in [0.15, 0.2) is 0 Å². The molecule has 1 aromatic rings. The smallest absolute Gasteiger partial charge is 0.242 e. The lowest BCUT2D eigenvalue weighted by molar-refractivity contribution is 0.196. The number of methoxy groups -OCH3 is 1. The van der Waals surface area contributed by atoms with Gasteiger partial charge < -0.3 is 4.74 Å². The van der Waals surface area contributed by atoms with Gasteiger partial charge in [-0.15, -0.1) is 0 Å². The van der Waals surface area contributed by atoms with Gasteiger partial charge in [0, 0.05) is 25.3 Å². The van der Waals surface area contributed by atoms with Gasteiger partial charge in [-0.05, 0) is 31.0 Å². The van der Waals surface area contributed by atoms with Crippen LogP contribution < -0.4 is 4.72 Å². The van der Waals surface area contributed by atoms with Gasteiger partial charge in [0.1, 0.15) is 4.90 Å². The number of hydrogen-bond acceptors (Lipinski definition) is 3. The van der Waals surface area contributed by atoms with E-state index in [1.165, 1.54) is 12.1 Å². The Balaban J connectivity index is 2.88. The summed E-state index contributed by atoms with van der Waals surface area (Å²) in [6, 6.07) is 2.89. The maximum atomic E-state index is 12.0. The maximum Gasteiger partial charge on any atom is 0.242 e. The second-order valence-electron chi connectivity index (χ2n) is 3.78. The Morgan fingerprint density at radius 3 is 2.56 bits per heavy atom. The standard InChI is InChI=1S/C11H15Cl2NO3S/c1-8-6-11(10(13)7-9(8)12)18(15,16)14-4-3-5-17-2/h6-7,14H,3-5H2,1-2H3. The average molecular weight is 312 g/mol. The van der Waals surface area contributed by atoms with Crippen LogP contribution in [0.25, 0.3) is 0 Å². The summed E-state index contributed by atoms with van der Waals surface area (Å²) in [4.78, 5) is 0.0449. The Kier molecular flexibility index (Phi) is 5.88. The first-order valence-electron chi connectivity index (χ1n) is 5.32. The third kappa shape index (κ3) is 4.10. The highest BCUT2D eigenvalue weighted by Crippen LogP contribution is 2.27. The number of hydrogen-bond donors (Lipinski definition) is 1. The first-order chi connectivity index (χ1) is 8.38. The van der Waals surface area contributed by atoms with E-state index < -0.39 is 10.0 Å². The molecule has 0 aliphatic rings. The number of nitrogens with one attached hydrogen (secondary N) is 1. The van der Waals surface area contributed by atoms with Crippen LogP contribution in [0, 0.1) is 6.92 Å². The molecule has 0 atom stereocenters. The van der Waals surface area contributed by atoms with E-state index in [0.717, 1.165) is 0 Å². The quantitative estimate of drug-likeness (QED) is 0.822. The van der Waals surface area contributed by atoms with E-state index in [2.05, 4.69) is 4.72 Å². The maximum absolute atomic E-state index is 12.0. The van der Waals surface area contributed by atoms with Gasteiger partial charge in [0.25, 0.3) is 0 Å². The third-order valence-corrected chi connectivity index (χ3v) is 4.65. The van der Waals surface area contributed by atoms with Crippen molar-refractivity contribution in [3.05, 3.63) is 27.7 Å². The van der Waals surface area contributed by atoms with Gasteiger partial charge in [-0.3, -0.25) is 0 Å². The second-order valence-corrected chi connectivity index (χ2v) is 6.33. The minimum Gasteiger partial charge on any atom is -0.385 e. The lowest BCUT2D eigenvalue weighted by Gasteiger charge is -2.10. The molecular weight excluding hydrogens is 297 g/mol. The van der Waals surface area contributed by atoms with Gasteiger partial charge in [-0.2, -0.15) is 0 Å². The van der Waals surface area contributed by atoms with Crippen molar-refractivity contribution in [2.75, 3.05) is 20.3 Å². The molecule has 0 unspecified atom stereocenters. The number of ether oxygens (including phenoxy) is 1. The van der Waals surface area contributed by atoms with Crippen molar-refractivity contribution in [2.24, 2.45) is 0 Å². The topological polar surface area (TPSA) is 55.4 Å². The Morgan fingerprint density at radius 2 is 1.94 bits per heavy atom. The minimum atomic E-state index is -3.61. The molecule has 0 aliphatic heterocycles. The molecule has 0 spiro atoms. The van der Waals surface area contributed by atoms with Crippen LogP contribution in [0.15, 0.2) is 17.0 Å². The van der Waals surface area contributed by atoms with Crippen molar-refractivity contribution >= 4 is 33.2 Å². The highest BCUT2D eigenvalue weighted by molar-refractivity contribution is 7.89. The van der Waals surface area contributed by atoms with E-state index in [1.807, 2.05) is 0 Å². The summed E-state index contributed by atoms with van der Waals surface area (Å²) in [5.41, 5.74) is 0.665. The van der Waals surface area contributed by atoms with E-state index in [0.29, 0.717) is 30.2 Å². The van der Waals surface area contributed by atoms with Crippen LogP contribution >= 0.6 is 23.2 Å². The largest absolute Gasteiger partial charge is 0.385 e. The molecular formula is C11H15Cl2NO3S. The fourth-order valence-electron chi connectivity index (χ4n) is 1.34. The first-order valence-corrected chi connectivity index (χ1v) is 7.56. The van der Waals surface area contributed by atoms with Crippen molar-refractivity contribution in [2.45, 2.75) is 18.2 Å². The summed E-state index contributed by atoms with van der Waals surface area (Å²) >= 11 is 11.8. The van der Waals surface area contributed by atoms with Crippen molar-refractivity contribution in [3.8, 4) is 0 Å². The monoisotopic (exact) mass is 311 g/mol. The molecule has 7 heteroatoms. The Labute approximate surface area is 117 Å². The zero-order chi connectivity index (χ0) is 13.8. The first kappa shape index (κ1) is 15.7. The summed E-state index contributed by atoms with van der Waals surface area (Å²) in [5, 5.41) is 0.558. The molecule has 4 nitrogen and oxygen atoms in total. The molecule has 0 bridgehead atoms. The highest BCUT2D eigenvalue weighted by atomic mass is 35.5. The van der Waals surface area contributed by atoms with E-state index in [4.69, 9.17) is 27.9 Å². The molecule has 0 radical (unpaired) electrons. The predicted octanol–water partition coefficient (Wildman–Crippen LogP) is 2.62. The fraction of sp³-hybridized carbons (Fsp3) is 0.455. The lowest BCUT2D eigenvalue weighted by Crippen LogP contribution is -2.25. The minimum absolute atomic E-state index is 0.0449. The molecule has 0 aromatic heterocycles. The zero-order valence-electron chi connectivity index (χ0n) is 10.2. The normalized spacial score (nSPS) is 11.8. The summed E-state index contributed by atoms with van der Waals surface area (Å²) in [6.07, 6.45) is 0.597. The molecule has 1 rings (SSSR count). The molecule has 0 saturated heterocycles. The van der Waals surface area contributed by atoms with Crippen LogP contribution in [0.2, 0.25) is 10.0 Å². The van der Waals surface area contributed by atoms with Crippen LogP contribution in [0.3, 0.4) is 0 Å². The Bertz CT molecular complexity index is 517. The van der Waals surface area contributed by atoms with Gasteiger partial charge >= 0.3 is 0 Å². The SMILES string of the molecule is COCCCNS(=O)(=O)c1cc(C)c(Cl)cc1Cl. The molecule has 0 fully saturated rings. The molecule has 0 saturated carbocycles. The van der Waals surface area contributed by atoms with Crippen LogP contribution in [-0.4, -0.2) is 28.7 Å². The van der Waals surface area contributed by atoms with Crippen LogP contribution in [0.4, 0.5) is 0 Å². The van der Waals surface area contributed by atoms with Crippen molar-refractivity contribution in [1.29, 1.82) is 0 Å². The summed E-state index contributed by atoms with van der Waals surface area (Å²) < 4.78 is 31.3. The van der Waals surface area contributed by atoms with Gasteiger partial charge in [0.05, 0.1) is 5.02 Å². The fourth-order valence-corrected chi connectivity index (χ4v) is 3.24. The zero-order valence-corrected chi connectivity index (χ0v) is 12.5. The predicted molar refractivity (Wildman–Crippen MR) is 72.9 cm³/mol. The van der Waals surface area contributed by atoms with Gasteiger partial charge in [0.2, 0.25) is 10.0 Å². The van der Waals surface area contributed by atoms with Crippen LogP contribution in [0.5, 0.6) is 0 Å². The second kappa shape index (κ2) is 6.73. The molecule has 1 N–H and O–H groups in total. The van der Waals surface area contributed by atoms with Gasteiger partial charge in [-0.25, -0.2) is 13.1 Å². The average Bonchev–Trinajstić information content (AvgIpc) is 2.29. The lowest BCUT2D eigenvalue weighted by atomic mass is 10.2. The molecule has 0 aliphatic carbocycles. The van der Waals surface area contributed by atoms with Crippen molar-refractivity contribution in [3.63, 3.8) is 0 Å². The van der Waals surface area contributed by atoms with Crippen LogP contribution in [-0.2, 0) is 14.8 Å². The summed E-state index contributed by atoms with van der Waals surface area (Å²) in [5.74, 6) is 0. The Hall–Kier alpha value is -0.330. The van der Waals surface area contributed by atoms with E-state index in [9.17, 15) is 8.42 Å². The molecule has 1 aromatic carbocycles. The summed E-state index contributed by atoms with van der Waals surface area (Å²) in [6.45, 7) is 2.52. The number of benzene rings is 1. The number of sulfonamides is 1. The molecule has 0 heterocycles. The number of halogens is 2. The molecule has 18 heavy (non-hydrogen) atoms.